The molecule has 0 spiro atoms. The predicted octanol–water partition coefficient (Wildman–Crippen LogP) is 4.43. The van der Waals surface area contributed by atoms with Gasteiger partial charge in [0.25, 0.3) is 0 Å². The van der Waals surface area contributed by atoms with Crippen LogP contribution in [0.3, 0.4) is 0 Å². The van der Waals surface area contributed by atoms with Crippen LogP contribution in [0, 0.1) is 4.84 Å². The number of H-pyrrole nitrogens is 1. The molecule has 1 aliphatic rings. The number of hydrogen-bond acceptors (Lipinski definition) is 7. The van der Waals surface area contributed by atoms with E-state index in [9.17, 15) is 4.79 Å². The molecule has 2 aromatic heterocycles. The monoisotopic (exact) mass is 413 g/mol. The molecule has 0 saturated carbocycles. The number of fused-ring (bicyclic) bond motifs is 1. The van der Waals surface area contributed by atoms with Crippen molar-refractivity contribution < 1.29 is 9.32 Å². The Kier molecular flexibility index (Phi) is 4.33. The van der Waals surface area contributed by atoms with Crippen molar-refractivity contribution in [3.05, 3.63) is 83.0 Å². The number of Topliss-reactive ketones (excluding diaryl/α,β-unsaturated/α-hetero) is 1. The fraction of sp³-hybridized carbons (Fsp3) is 0.0455. The number of benzene rings is 2. The molecular formula is C22H15N5O2S. The van der Waals surface area contributed by atoms with Crippen molar-refractivity contribution in [3.8, 4) is 22.5 Å². The summed E-state index contributed by atoms with van der Waals surface area (Å²) in [5.74, 6) is 0.130. The number of amidine groups is 1. The maximum Gasteiger partial charge on any atom is 0.314 e. The van der Waals surface area contributed by atoms with Gasteiger partial charge in [-0.1, -0.05) is 36.4 Å². The second-order valence-corrected chi connectivity index (χ2v) is 7.22. The lowest BCUT2D eigenvalue weighted by Gasteiger charge is -2.22. The van der Waals surface area contributed by atoms with Crippen LogP contribution in [0.5, 0.6) is 0 Å². The smallest absolute Gasteiger partial charge is 0.314 e. The number of nitrogens with zero attached hydrogens (tertiary/aromatic N) is 3. The van der Waals surface area contributed by atoms with Crippen molar-refractivity contribution in [1.82, 2.24) is 15.1 Å². The second kappa shape index (κ2) is 7.16. The molecule has 1 aliphatic heterocycles. The summed E-state index contributed by atoms with van der Waals surface area (Å²) in [6.07, 6.45) is 3.38. The van der Waals surface area contributed by atoms with E-state index in [1.54, 1.807) is 18.5 Å². The fourth-order valence-electron chi connectivity index (χ4n) is 3.55. The summed E-state index contributed by atoms with van der Waals surface area (Å²) in [4.78, 5) is 26.3. The number of ketones is 1. The van der Waals surface area contributed by atoms with Gasteiger partial charge in [-0.2, -0.15) is 4.98 Å². The molecule has 1 atom stereocenters. The van der Waals surface area contributed by atoms with Gasteiger partial charge in [-0.05, 0) is 41.5 Å². The van der Waals surface area contributed by atoms with E-state index in [-0.39, 0.29) is 10.6 Å². The van der Waals surface area contributed by atoms with Crippen LogP contribution in [0.2, 0.25) is 0 Å². The standard InChI is InChI=1S/C22H15N5O2S/c23-20-18(12-4-2-1-3-5-12)19(28)16-9-13(6-7-17(16)25-20)14-8-15(11-24-10-14)21-26-22(30)29-27-21/h1-11,18H,(H2,23,25)(H,26,27,30). The summed E-state index contributed by atoms with van der Waals surface area (Å²) < 4.78 is 5.00. The molecule has 4 aromatic rings. The van der Waals surface area contributed by atoms with Gasteiger partial charge < -0.3 is 10.3 Å². The van der Waals surface area contributed by atoms with E-state index >= 15 is 0 Å². The van der Waals surface area contributed by atoms with Gasteiger partial charge in [0.1, 0.15) is 11.8 Å². The van der Waals surface area contributed by atoms with Crippen LogP contribution in [-0.4, -0.2) is 26.7 Å². The molecule has 7 nitrogen and oxygen atoms in total. The van der Waals surface area contributed by atoms with Gasteiger partial charge in [0.05, 0.1) is 5.69 Å². The maximum atomic E-state index is 13.3. The lowest BCUT2D eigenvalue weighted by Crippen LogP contribution is -2.31. The minimum atomic E-state index is -0.589. The number of carbonyl (C=O) groups is 1. The third-order valence-corrected chi connectivity index (χ3v) is 5.16. The number of aromatic nitrogens is 3. The molecule has 1 unspecified atom stereocenters. The van der Waals surface area contributed by atoms with Crippen LogP contribution in [-0.2, 0) is 0 Å². The Balaban J connectivity index is 1.57. The third-order valence-electron chi connectivity index (χ3n) is 4.99. The summed E-state index contributed by atoms with van der Waals surface area (Å²) >= 11 is 4.91. The highest BCUT2D eigenvalue weighted by Gasteiger charge is 2.31. The molecule has 30 heavy (non-hydrogen) atoms. The van der Waals surface area contributed by atoms with Crippen LogP contribution in [0.1, 0.15) is 21.8 Å². The van der Waals surface area contributed by atoms with Crippen molar-refractivity contribution in [2.24, 2.45) is 10.7 Å². The molecule has 0 radical (unpaired) electrons. The molecule has 0 bridgehead atoms. The first-order valence-electron chi connectivity index (χ1n) is 9.19. The Bertz CT molecular complexity index is 1360. The van der Waals surface area contributed by atoms with Crippen molar-refractivity contribution in [3.63, 3.8) is 0 Å². The molecule has 0 fully saturated rings. The largest absolute Gasteiger partial charge is 0.386 e. The van der Waals surface area contributed by atoms with Gasteiger partial charge in [-0.15, -0.1) is 0 Å². The van der Waals surface area contributed by atoms with Crippen molar-refractivity contribution in [2.75, 3.05) is 0 Å². The Hall–Kier alpha value is -3.91. The van der Waals surface area contributed by atoms with E-state index in [2.05, 4.69) is 20.1 Å². The van der Waals surface area contributed by atoms with E-state index in [4.69, 9.17) is 22.5 Å². The number of pyridine rings is 1. The van der Waals surface area contributed by atoms with E-state index in [0.717, 1.165) is 22.3 Å². The van der Waals surface area contributed by atoms with Crippen molar-refractivity contribution in [1.29, 1.82) is 0 Å². The summed E-state index contributed by atoms with van der Waals surface area (Å²) in [5.41, 5.74) is 10.4. The maximum absolute atomic E-state index is 13.3. The normalized spacial score (nSPS) is 15.5. The van der Waals surface area contributed by atoms with Crippen LogP contribution in [0.4, 0.5) is 5.69 Å². The Morgan fingerprint density at radius 3 is 2.57 bits per heavy atom. The SMILES string of the molecule is NC1=Nc2ccc(-c3cncc(-c4nc(=S)o[nH]4)c3)cc2C(=O)C1c1ccccc1. The molecule has 2 aromatic carbocycles. The van der Waals surface area contributed by atoms with Gasteiger partial charge >= 0.3 is 4.84 Å². The van der Waals surface area contributed by atoms with Gasteiger partial charge in [0.2, 0.25) is 0 Å². The van der Waals surface area contributed by atoms with Crippen molar-refractivity contribution in [2.45, 2.75) is 5.92 Å². The number of hydrogen-bond donors (Lipinski definition) is 2. The van der Waals surface area contributed by atoms with Crippen LogP contribution >= 0.6 is 12.2 Å². The molecule has 0 aliphatic carbocycles. The molecule has 146 valence electrons. The zero-order chi connectivity index (χ0) is 20.7. The number of carbonyl (C=O) groups excluding carboxylic acids is 1. The first-order chi connectivity index (χ1) is 14.6. The van der Waals surface area contributed by atoms with Crippen LogP contribution in [0.15, 0.2) is 76.5 Å². The number of nitrogens with two attached hydrogens (primary N) is 1. The van der Waals surface area contributed by atoms with E-state index < -0.39 is 5.92 Å². The molecule has 3 heterocycles. The highest BCUT2D eigenvalue weighted by Crippen LogP contribution is 2.35. The Morgan fingerprint density at radius 1 is 1.00 bits per heavy atom. The fourth-order valence-corrected chi connectivity index (χ4v) is 3.68. The first-order valence-corrected chi connectivity index (χ1v) is 9.59. The summed E-state index contributed by atoms with van der Waals surface area (Å²) in [6, 6.07) is 16.8. The van der Waals surface area contributed by atoms with E-state index in [1.807, 2.05) is 48.5 Å². The quantitative estimate of drug-likeness (QED) is 0.481. The highest BCUT2D eigenvalue weighted by molar-refractivity contribution is 7.71. The van der Waals surface area contributed by atoms with Gasteiger partial charge in [0, 0.05) is 29.1 Å². The molecule has 8 heteroatoms. The first kappa shape index (κ1) is 18.1. The number of aliphatic imine (C=N–C) groups is 1. The lowest BCUT2D eigenvalue weighted by molar-refractivity contribution is 0.0981. The zero-order valence-electron chi connectivity index (χ0n) is 15.6. The molecule has 0 amide bonds. The Morgan fingerprint density at radius 2 is 1.80 bits per heavy atom. The zero-order valence-corrected chi connectivity index (χ0v) is 16.4. The Labute approximate surface area is 176 Å². The van der Waals surface area contributed by atoms with E-state index in [1.165, 1.54) is 0 Å². The summed E-state index contributed by atoms with van der Waals surface area (Å²) in [7, 11) is 0. The van der Waals surface area contributed by atoms with E-state index in [0.29, 0.717) is 22.9 Å². The predicted molar refractivity (Wildman–Crippen MR) is 115 cm³/mol. The van der Waals surface area contributed by atoms with Gasteiger partial charge in [0.15, 0.2) is 11.6 Å². The second-order valence-electron chi connectivity index (χ2n) is 6.87. The average Bonchev–Trinajstić information content (AvgIpc) is 3.21. The number of rotatable bonds is 3. The number of nitrogens with one attached hydrogen (secondary N) is 1. The van der Waals surface area contributed by atoms with Gasteiger partial charge in [-0.25, -0.2) is 10.1 Å². The average molecular weight is 413 g/mol. The van der Waals surface area contributed by atoms with Crippen molar-refractivity contribution >= 4 is 29.5 Å². The molecule has 5 rings (SSSR count). The topological polar surface area (TPSA) is 110 Å². The molecule has 0 saturated heterocycles. The third kappa shape index (κ3) is 3.13. The van der Waals surface area contributed by atoms with Gasteiger partial charge in [-0.3, -0.25) is 9.78 Å². The minimum Gasteiger partial charge on any atom is -0.386 e. The summed E-state index contributed by atoms with van der Waals surface area (Å²) in [5, 5.41) is 2.67. The van der Waals surface area contributed by atoms with Crippen LogP contribution in [0.25, 0.3) is 22.5 Å². The molecule has 3 N–H and O–H groups in total. The minimum absolute atomic E-state index is 0.0738. The summed E-state index contributed by atoms with van der Waals surface area (Å²) in [6.45, 7) is 0. The van der Waals surface area contributed by atoms with Crippen LogP contribution < -0.4 is 5.73 Å². The highest BCUT2D eigenvalue weighted by atomic mass is 32.1. The lowest BCUT2D eigenvalue weighted by atomic mass is 9.86. The molecular weight excluding hydrogens is 398 g/mol. The number of aromatic amines is 1.